The third kappa shape index (κ3) is 3.94. The first-order valence-electron chi connectivity index (χ1n) is 2.26. The first-order chi connectivity index (χ1) is 3.29. The molecule has 0 saturated heterocycles. The van der Waals surface area contributed by atoms with Crippen LogP contribution in [0, 0.1) is 0 Å². The number of aryl methyl sites for hydroxylation is 2. The molecular formula is C5H11F3N2. The van der Waals surface area contributed by atoms with Crippen LogP contribution in [0.1, 0.15) is 0 Å². The number of hydrogen-bond acceptors (Lipinski definition) is 0. The lowest BCUT2D eigenvalue weighted by atomic mass is 10.9. The van der Waals surface area contributed by atoms with Crippen LogP contribution in [-0.2, 0) is 14.1 Å². The van der Waals surface area contributed by atoms with Crippen molar-refractivity contribution in [1.29, 1.82) is 0 Å². The van der Waals surface area contributed by atoms with Gasteiger partial charge in [-0.05, 0) is 0 Å². The molecule has 10 heavy (non-hydrogen) atoms. The van der Waals surface area contributed by atoms with Crippen molar-refractivity contribution in [1.82, 2.24) is 4.57 Å². The van der Waals surface area contributed by atoms with Gasteiger partial charge in [-0.2, -0.15) is 0 Å². The summed E-state index contributed by atoms with van der Waals surface area (Å²) < 4.78 is 4.00. The van der Waals surface area contributed by atoms with E-state index >= 15 is 0 Å². The standard InChI is InChI=1S/C5H9N2.3FH/c1-6-3-4-7(2)5-6;;;/h3-5H,1-2H3;3*1H/q+1;;;/p-1. The molecule has 0 N–H and O–H groups in total. The van der Waals surface area contributed by atoms with E-state index in [0.717, 1.165) is 0 Å². The second kappa shape index (κ2) is 6.12. The summed E-state index contributed by atoms with van der Waals surface area (Å²) in [7, 11) is 4.00. The van der Waals surface area contributed by atoms with Crippen molar-refractivity contribution in [2.45, 2.75) is 0 Å². The van der Waals surface area contributed by atoms with Crippen LogP contribution in [0.2, 0.25) is 0 Å². The summed E-state index contributed by atoms with van der Waals surface area (Å²) in [6.45, 7) is 0. The van der Waals surface area contributed by atoms with E-state index in [1.807, 2.05) is 42.0 Å². The second-order valence-corrected chi connectivity index (χ2v) is 1.74. The minimum absolute atomic E-state index is 0. The van der Waals surface area contributed by atoms with Crippen molar-refractivity contribution in [3.8, 4) is 0 Å². The molecule has 0 bridgehead atoms. The highest BCUT2D eigenvalue weighted by molar-refractivity contribution is 4.60. The molecular weight excluding hydrogens is 145 g/mol. The highest BCUT2D eigenvalue weighted by Gasteiger charge is 1.87. The zero-order valence-corrected chi connectivity index (χ0v) is 5.82. The number of rotatable bonds is 0. The molecule has 0 saturated carbocycles. The van der Waals surface area contributed by atoms with Crippen molar-refractivity contribution in [2.75, 3.05) is 0 Å². The van der Waals surface area contributed by atoms with Gasteiger partial charge in [-0.15, -0.1) is 0 Å². The summed E-state index contributed by atoms with van der Waals surface area (Å²) in [6, 6.07) is 0. The Morgan fingerprint density at radius 3 is 1.90 bits per heavy atom. The number of imidazole rings is 1. The largest absolute Gasteiger partial charge is 1.00 e. The predicted molar refractivity (Wildman–Crippen MR) is 31.6 cm³/mol. The molecule has 0 fully saturated rings. The van der Waals surface area contributed by atoms with Gasteiger partial charge in [0.05, 0.1) is 14.1 Å². The average molecular weight is 156 g/mol. The van der Waals surface area contributed by atoms with Crippen LogP contribution in [0.5, 0.6) is 0 Å². The van der Waals surface area contributed by atoms with Gasteiger partial charge in [0.1, 0.15) is 12.4 Å². The molecule has 2 nitrogen and oxygen atoms in total. The molecule has 1 aromatic rings. The average Bonchev–Trinajstić information content (AvgIpc) is 1.87. The molecule has 0 atom stereocenters. The van der Waals surface area contributed by atoms with E-state index in [4.69, 9.17) is 0 Å². The quantitative estimate of drug-likeness (QED) is 0.358. The second-order valence-electron chi connectivity index (χ2n) is 1.74. The Bertz CT molecular complexity index is 147. The molecule has 0 aliphatic rings. The lowest BCUT2D eigenvalue weighted by Gasteiger charge is -1.72. The summed E-state index contributed by atoms with van der Waals surface area (Å²) >= 11 is 0. The first-order valence-corrected chi connectivity index (χ1v) is 2.26. The molecule has 1 aromatic heterocycles. The maximum atomic E-state index is 2.00. The molecule has 0 unspecified atom stereocenters. The summed E-state index contributed by atoms with van der Waals surface area (Å²) in [5, 5.41) is 0. The van der Waals surface area contributed by atoms with Crippen molar-refractivity contribution < 1.29 is 18.7 Å². The van der Waals surface area contributed by atoms with E-state index in [1.165, 1.54) is 0 Å². The van der Waals surface area contributed by atoms with Crippen LogP contribution < -0.4 is 9.27 Å². The first kappa shape index (κ1) is 16.0. The third-order valence-electron chi connectivity index (χ3n) is 0.901. The highest BCUT2D eigenvalue weighted by Crippen LogP contribution is 1.70. The molecule has 62 valence electrons. The van der Waals surface area contributed by atoms with E-state index in [0.29, 0.717) is 0 Å². The van der Waals surface area contributed by atoms with Crippen LogP contribution in [0.4, 0.5) is 9.41 Å². The van der Waals surface area contributed by atoms with Crippen molar-refractivity contribution >= 4 is 0 Å². The van der Waals surface area contributed by atoms with Gasteiger partial charge in [-0.25, -0.2) is 9.13 Å². The van der Waals surface area contributed by atoms with Gasteiger partial charge in [-0.1, -0.05) is 0 Å². The zero-order chi connectivity index (χ0) is 5.28. The fourth-order valence-corrected chi connectivity index (χ4v) is 0.575. The van der Waals surface area contributed by atoms with E-state index in [9.17, 15) is 0 Å². The fourth-order valence-electron chi connectivity index (χ4n) is 0.575. The Morgan fingerprint density at radius 1 is 1.30 bits per heavy atom. The van der Waals surface area contributed by atoms with Crippen LogP contribution >= 0.6 is 0 Å². The van der Waals surface area contributed by atoms with Gasteiger partial charge in [0.25, 0.3) is 0 Å². The van der Waals surface area contributed by atoms with E-state index in [2.05, 4.69) is 0 Å². The molecule has 0 amide bonds. The van der Waals surface area contributed by atoms with Gasteiger partial charge in [0, 0.05) is 0 Å². The Balaban J connectivity index is -0.000000163. The van der Waals surface area contributed by atoms with Gasteiger partial charge >= 0.3 is 0 Å². The SMILES string of the molecule is Cn1cc[n+](C)c1.F.F.[F-]. The van der Waals surface area contributed by atoms with E-state index in [1.54, 1.807) is 0 Å². The maximum Gasteiger partial charge on any atom is 0.243 e. The number of nitrogens with zero attached hydrogens (tertiary/aromatic N) is 2. The third-order valence-corrected chi connectivity index (χ3v) is 0.901. The minimum Gasteiger partial charge on any atom is -1.00 e. The number of halogens is 3. The number of hydrogen-bond donors (Lipinski definition) is 0. The Hall–Kier alpha value is -1.00. The number of aromatic nitrogens is 2. The maximum absolute atomic E-state index is 2.00. The van der Waals surface area contributed by atoms with Crippen LogP contribution in [0.15, 0.2) is 18.7 Å². The summed E-state index contributed by atoms with van der Waals surface area (Å²) in [4.78, 5) is 0. The lowest BCUT2D eigenvalue weighted by Crippen LogP contribution is -3.00. The molecule has 1 rings (SSSR count). The smallest absolute Gasteiger partial charge is 0.243 e. The molecule has 0 aliphatic heterocycles. The minimum atomic E-state index is 0. The van der Waals surface area contributed by atoms with Crippen molar-refractivity contribution in [2.24, 2.45) is 14.1 Å². The van der Waals surface area contributed by atoms with E-state index < -0.39 is 0 Å². The van der Waals surface area contributed by atoms with Crippen molar-refractivity contribution in [3.63, 3.8) is 0 Å². The Kier molecular flexibility index (Phi) is 9.80. The fraction of sp³-hybridized carbons (Fsp3) is 0.400. The van der Waals surface area contributed by atoms with E-state index in [-0.39, 0.29) is 14.1 Å². The topological polar surface area (TPSA) is 8.81 Å². The Labute approximate surface area is 57.2 Å². The van der Waals surface area contributed by atoms with Crippen LogP contribution in [0.25, 0.3) is 0 Å². The molecule has 5 heteroatoms. The molecule has 1 heterocycles. The molecule has 0 aliphatic carbocycles. The highest BCUT2D eigenvalue weighted by atomic mass is 19.0. The van der Waals surface area contributed by atoms with Gasteiger partial charge in [-0.3, -0.25) is 9.41 Å². The van der Waals surface area contributed by atoms with Crippen LogP contribution in [0.3, 0.4) is 0 Å². The summed E-state index contributed by atoms with van der Waals surface area (Å²) in [6.07, 6.45) is 6.00. The van der Waals surface area contributed by atoms with Gasteiger partial charge < -0.3 is 4.70 Å². The van der Waals surface area contributed by atoms with Crippen LogP contribution in [-0.4, -0.2) is 4.57 Å². The predicted octanol–water partition coefficient (Wildman–Crippen LogP) is -2.84. The van der Waals surface area contributed by atoms with Gasteiger partial charge in [0.2, 0.25) is 6.33 Å². The van der Waals surface area contributed by atoms with Crippen molar-refractivity contribution in [3.05, 3.63) is 18.7 Å². The normalized spacial score (nSPS) is 6.60. The monoisotopic (exact) mass is 156 g/mol. The summed E-state index contributed by atoms with van der Waals surface area (Å²) in [5.41, 5.74) is 0. The van der Waals surface area contributed by atoms with Gasteiger partial charge in [0.15, 0.2) is 0 Å². The molecule has 0 spiro atoms. The Morgan fingerprint density at radius 2 is 1.80 bits per heavy atom. The lowest BCUT2D eigenvalue weighted by molar-refractivity contribution is -0.670. The molecule has 0 radical (unpaired) electrons. The summed E-state index contributed by atoms with van der Waals surface area (Å²) in [5.74, 6) is 0. The molecule has 0 aromatic carbocycles. The zero-order valence-electron chi connectivity index (χ0n) is 5.82.